The second kappa shape index (κ2) is 9.85. The van der Waals surface area contributed by atoms with E-state index in [0.717, 1.165) is 24.9 Å². The SMILES string of the molecule is COC(CN)CC(=O)Nc1cccc(CCCc2ccccc2)c1. The first kappa shape index (κ1) is 18.2. The summed E-state index contributed by atoms with van der Waals surface area (Å²) in [6.07, 6.45) is 3.16. The lowest BCUT2D eigenvalue weighted by Crippen LogP contribution is -2.28. The van der Waals surface area contributed by atoms with E-state index in [1.807, 2.05) is 24.3 Å². The zero-order valence-electron chi connectivity index (χ0n) is 14.2. The molecule has 0 aliphatic carbocycles. The van der Waals surface area contributed by atoms with Crippen LogP contribution in [0.4, 0.5) is 5.69 Å². The number of hydrogen-bond acceptors (Lipinski definition) is 3. The number of hydrogen-bond donors (Lipinski definition) is 2. The molecule has 0 aliphatic rings. The molecule has 1 unspecified atom stereocenters. The summed E-state index contributed by atoms with van der Waals surface area (Å²) in [5, 5.41) is 2.92. The fraction of sp³-hybridized carbons (Fsp3) is 0.350. The molecule has 1 amide bonds. The van der Waals surface area contributed by atoms with E-state index >= 15 is 0 Å². The number of benzene rings is 2. The number of methoxy groups -OCH3 is 1. The van der Waals surface area contributed by atoms with Gasteiger partial charge in [-0.25, -0.2) is 0 Å². The van der Waals surface area contributed by atoms with E-state index in [1.54, 1.807) is 7.11 Å². The molecule has 0 bridgehead atoms. The number of amides is 1. The lowest BCUT2D eigenvalue weighted by molar-refractivity contribution is -0.118. The van der Waals surface area contributed by atoms with Crippen molar-refractivity contribution in [1.29, 1.82) is 0 Å². The van der Waals surface area contributed by atoms with Crippen molar-refractivity contribution in [2.24, 2.45) is 5.73 Å². The van der Waals surface area contributed by atoms with Crippen LogP contribution in [0.25, 0.3) is 0 Å². The Hall–Kier alpha value is -2.17. The highest BCUT2D eigenvalue weighted by Crippen LogP contribution is 2.14. The summed E-state index contributed by atoms with van der Waals surface area (Å²) in [7, 11) is 1.57. The summed E-state index contributed by atoms with van der Waals surface area (Å²) in [4.78, 5) is 12.0. The number of carbonyl (C=O) groups is 1. The third kappa shape index (κ3) is 6.14. The summed E-state index contributed by atoms with van der Waals surface area (Å²) in [5.74, 6) is -0.0752. The van der Waals surface area contributed by atoms with Crippen LogP contribution < -0.4 is 11.1 Å². The first-order valence-corrected chi connectivity index (χ1v) is 8.37. The molecule has 0 saturated heterocycles. The molecule has 0 aliphatic heterocycles. The summed E-state index contributed by atoms with van der Waals surface area (Å²) >= 11 is 0. The predicted molar refractivity (Wildman–Crippen MR) is 98.0 cm³/mol. The van der Waals surface area contributed by atoms with Crippen molar-refractivity contribution in [2.45, 2.75) is 31.8 Å². The molecule has 2 rings (SSSR count). The number of carbonyl (C=O) groups excluding carboxylic acids is 1. The Morgan fingerprint density at radius 2 is 1.79 bits per heavy atom. The van der Waals surface area contributed by atoms with Crippen molar-refractivity contribution >= 4 is 11.6 Å². The van der Waals surface area contributed by atoms with Crippen LogP contribution in [0.5, 0.6) is 0 Å². The van der Waals surface area contributed by atoms with Gasteiger partial charge in [0.2, 0.25) is 5.91 Å². The molecule has 1 atom stereocenters. The quantitative estimate of drug-likeness (QED) is 0.744. The van der Waals surface area contributed by atoms with E-state index < -0.39 is 0 Å². The molecular formula is C20H26N2O2. The minimum Gasteiger partial charge on any atom is -0.380 e. The number of anilines is 1. The van der Waals surface area contributed by atoms with Crippen LogP contribution in [-0.2, 0) is 22.4 Å². The van der Waals surface area contributed by atoms with Crippen LogP contribution in [0, 0.1) is 0 Å². The van der Waals surface area contributed by atoms with E-state index in [-0.39, 0.29) is 18.4 Å². The van der Waals surface area contributed by atoms with Gasteiger partial charge < -0.3 is 15.8 Å². The number of aryl methyl sites for hydroxylation is 2. The predicted octanol–water partition coefficient (Wildman–Crippen LogP) is 3.16. The van der Waals surface area contributed by atoms with Gasteiger partial charge in [-0.3, -0.25) is 4.79 Å². The molecule has 0 saturated carbocycles. The maximum atomic E-state index is 12.0. The highest BCUT2D eigenvalue weighted by atomic mass is 16.5. The molecule has 0 radical (unpaired) electrons. The molecule has 128 valence electrons. The van der Waals surface area contributed by atoms with Crippen molar-refractivity contribution in [3.05, 3.63) is 65.7 Å². The van der Waals surface area contributed by atoms with Gasteiger partial charge in [0.1, 0.15) is 0 Å². The fourth-order valence-electron chi connectivity index (χ4n) is 2.63. The van der Waals surface area contributed by atoms with Gasteiger partial charge in [-0.1, -0.05) is 42.5 Å². The summed E-state index contributed by atoms with van der Waals surface area (Å²) in [5.41, 5.74) is 8.95. The van der Waals surface area contributed by atoms with Crippen LogP contribution in [0.1, 0.15) is 24.0 Å². The van der Waals surface area contributed by atoms with Gasteiger partial charge in [-0.2, -0.15) is 0 Å². The average Bonchev–Trinajstić information content (AvgIpc) is 2.61. The van der Waals surface area contributed by atoms with Crippen molar-refractivity contribution in [2.75, 3.05) is 19.0 Å². The van der Waals surface area contributed by atoms with Gasteiger partial charge in [0.25, 0.3) is 0 Å². The van der Waals surface area contributed by atoms with Crippen LogP contribution >= 0.6 is 0 Å². The first-order chi connectivity index (χ1) is 11.7. The molecule has 0 aromatic heterocycles. The van der Waals surface area contributed by atoms with E-state index in [0.29, 0.717) is 6.54 Å². The van der Waals surface area contributed by atoms with Crippen LogP contribution in [0.15, 0.2) is 54.6 Å². The molecule has 2 aromatic carbocycles. The summed E-state index contributed by atoms with van der Waals surface area (Å²) < 4.78 is 5.14. The van der Waals surface area contributed by atoms with Crippen LogP contribution in [0.3, 0.4) is 0 Å². The zero-order valence-corrected chi connectivity index (χ0v) is 14.2. The van der Waals surface area contributed by atoms with Crippen LogP contribution in [0.2, 0.25) is 0 Å². The van der Waals surface area contributed by atoms with Gasteiger partial charge in [-0.15, -0.1) is 0 Å². The molecular weight excluding hydrogens is 300 g/mol. The maximum Gasteiger partial charge on any atom is 0.227 e. The number of rotatable bonds is 9. The van der Waals surface area contributed by atoms with Gasteiger partial charge in [0, 0.05) is 19.3 Å². The molecule has 4 heteroatoms. The fourth-order valence-corrected chi connectivity index (χ4v) is 2.63. The van der Waals surface area contributed by atoms with E-state index in [9.17, 15) is 4.79 Å². The van der Waals surface area contributed by atoms with Crippen molar-refractivity contribution < 1.29 is 9.53 Å². The Labute approximate surface area is 144 Å². The van der Waals surface area contributed by atoms with E-state index in [2.05, 4.69) is 35.6 Å². The molecule has 3 N–H and O–H groups in total. The molecule has 24 heavy (non-hydrogen) atoms. The Morgan fingerprint density at radius 1 is 1.08 bits per heavy atom. The summed E-state index contributed by atoms with van der Waals surface area (Å²) in [6.45, 7) is 0.337. The average molecular weight is 326 g/mol. The van der Waals surface area contributed by atoms with Gasteiger partial charge in [0.15, 0.2) is 0 Å². The third-order valence-corrected chi connectivity index (χ3v) is 3.99. The first-order valence-electron chi connectivity index (χ1n) is 8.37. The Balaban J connectivity index is 1.83. The minimum atomic E-state index is -0.237. The number of nitrogens with two attached hydrogens (primary N) is 1. The van der Waals surface area contributed by atoms with Gasteiger partial charge in [-0.05, 0) is 42.5 Å². The third-order valence-electron chi connectivity index (χ3n) is 3.99. The Bertz CT molecular complexity index is 625. The van der Waals surface area contributed by atoms with Crippen LogP contribution in [-0.4, -0.2) is 25.7 Å². The Morgan fingerprint density at radius 3 is 2.50 bits per heavy atom. The number of nitrogens with one attached hydrogen (secondary N) is 1. The Kier molecular flexibility index (Phi) is 7.46. The highest BCUT2D eigenvalue weighted by Gasteiger charge is 2.11. The lowest BCUT2D eigenvalue weighted by Gasteiger charge is -2.13. The molecule has 4 nitrogen and oxygen atoms in total. The van der Waals surface area contributed by atoms with E-state index in [4.69, 9.17) is 10.5 Å². The maximum absolute atomic E-state index is 12.0. The molecule has 0 fully saturated rings. The molecule has 2 aromatic rings. The molecule has 0 spiro atoms. The van der Waals surface area contributed by atoms with Crippen molar-refractivity contribution in [3.63, 3.8) is 0 Å². The largest absolute Gasteiger partial charge is 0.380 e. The summed E-state index contributed by atoms with van der Waals surface area (Å²) in [6, 6.07) is 18.5. The lowest BCUT2D eigenvalue weighted by atomic mass is 10.0. The van der Waals surface area contributed by atoms with Gasteiger partial charge >= 0.3 is 0 Å². The van der Waals surface area contributed by atoms with Gasteiger partial charge in [0.05, 0.1) is 12.5 Å². The topological polar surface area (TPSA) is 64.3 Å². The second-order valence-corrected chi connectivity index (χ2v) is 5.89. The smallest absolute Gasteiger partial charge is 0.227 e. The minimum absolute atomic E-state index is 0.0752. The van der Waals surface area contributed by atoms with Crippen molar-refractivity contribution in [1.82, 2.24) is 0 Å². The standard InChI is InChI=1S/C20H26N2O2/c1-24-19(15-21)14-20(23)22-18-12-6-11-17(13-18)10-5-9-16-7-3-2-4-8-16/h2-4,6-8,11-13,19H,5,9-10,14-15,21H2,1H3,(H,22,23). The zero-order chi connectivity index (χ0) is 17.2. The molecule has 0 heterocycles. The van der Waals surface area contributed by atoms with E-state index in [1.165, 1.54) is 11.1 Å². The number of ether oxygens (including phenoxy) is 1. The normalized spacial score (nSPS) is 11.9. The van der Waals surface area contributed by atoms with Crippen molar-refractivity contribution in [3.8, 4) is 0 Å². The highest BCUT2D eigenvalue weighted by molar-refractivity contribution is 5.91. The monoisotopic (exact) mass is 326 g/mol. The second-order valence-electron chi connectivity index (χ2n) is 5.89.